The smallest absolute Gasteiger partial charge is 0.242 e. The van der Waals surface area contributed by atoms with E-state index < -0.39 is 10.0 Å². The molecule has 7 heteroatoms. The molecule has 0 saturated carbocycles. The zero-order chi connectivity index (χ0) is 14.8. The van der Waals surface area contributed by atoms with Gasteiger partial charge in [0.05, 0.1) is 10.8 Å². The summed E-state index contributed by atoms with van der Waals surface area (Å²) in [5.41, 5.74) is 0.599. The average Bonchev–Trinajstić information content (AvgIpc) is 2.34. The molecule has 1 saturated heterocycles. The fourth-order valence-electron chi connectivity index (χ4n) is 1.90. The Balaban J connectivity index is 2.14. The maximum atomic E-state index is 12.2. The van der Waals surface area contributed by atoms with Crippen LogP contribution >= 0.6 is 0 Å². The third-order valence-electron chi connectivity index (χ3n) is 3.34. The first-order chi connectivity index (χ1) is 9.43. The molecular weight excluding hydrogens is 278 g/mol. The number of hydrogen-bond acceptors (Lipinski definition) is 4. The number of nitrogens with one attached hydrogen (secondary N) is 2. The summed E-state index contributed by atoms with van der Waals surface area (Å²) in [7, 11) is -0.516. The number of nitrogens with zero attached hydrogens (tertiary/aromatic N) is 1. The SMILES string of the molecule is CN(C)S(=O)(=O)c1ccccc1CNC(=O)C1CNC1. The monoisotopic (exact) mass is 297 g/mol. The molecule has 0 atom stereocenters. The van der Waals surface area contributed by atoms with Gasteiger partial charge in [-0.05, 0) is 11.6 Å². The van der Waals surface area contributed by atoms with Gasteiger partial charge in [0.1, 0.15) is 0 Å². The zero-order valence-corrected chi connectivity index (χ0v) is 12.4. The summed E-state index contributed by atoms with van der Waals surface area (Å²) in [4.78, 5) is 12.0. The Labute approximate surface area is 119 Å². The molecule has 1 aromatic carbocycles. The van der Waals surface area contributed by atoms with Crippen LogP contribution in [0.5, 0.6) is 0 Å². The van der Waals surface area contributed by atoms with E-state index in [1.807, 2.05) is 0 Å². The van der Waals surface area contributed by atoms with Crippen molar-refractivity contribution < 1.29 is 13.2 Å². The Morgan fingerprint density at radius 1 is 1.35 bits per heavy atom. The van der Waals surface area contributed by atoms with Crippen LogP contribution in [0.15, 0.2) is 29.2 Å². The number of carbonyl (C=O) groups is 1. The van der Waals surface area contributed by atoms with Gasteiger partial charge >= 0.3 is 0 Å². The molecule has 20 heavy (non-hydrogen) atoms. The summed E-state index contributed by atoms with van der Waals surface area (Å²) < 4.78 is 25.6. The van der Waals surface area contributed by atoms with Crippen molar-refractivity contribution in [3.05, 3.63) is 29.8 Å². The molecule has 110 valence electrons. The van der Waals surface area contributed by atoms with E-state index in [0.717, 1.165) is 0 Å². The third-order valence-corrected chi connectivity index (χ3v) is 5.25. The van der Waals surface area contributed by atoms with Crippen LogP contribution in [-0.4, -0.2) is 45.8 Å². The molecule has 0 bridgehead atoms. The quantitative estimate of drug-likeness (QED) is 0.787. The van der Waals surface area contributed by atoms with E-state index >= 15 is 0 Å². The Morgan fingerprint density at radius 3 is 2.55 bits per heavy atom. The van der Waals surface area contributed by atoms with Gasteiger partial charge in [-0.1, -0.05) is 18.2 Å². The summed E-state index contributed by atoms with van der Waals surface area (Å²) >= 11 is 0. The number of amides is 1. The van der Waals surface area contributed by atoms with Crippen molar-refractivity contribution in [2.45, 2.75) is 11.4 Å². The van der Waals surface area contributed by atoms with E-state index in [1.54, 1.807) is 24.3 Å². The highest BCUT2D eigenvalue weighted by atomic mass is 32.2. The van der Waals surface area contributed by atoms with Crippen molar-refractivity contribution in [2.75, 3.05) is 27.2 Å². The fourth-order valence-corrected chi connectivity index (χ4v) is 3.01. The minimum Gasteiger partial charge on any atom is -0.352 e. The normalized spacial score (nSPS) is 15.9. The highest BCUT2D eigenvalue weighted by Gasteiger charge is 2.25. The molecule has 2 N–H and O–H groups in total. The molecule has 1 heterocycles. The molecular formula is C13H19N3O3S. The van der Waals surface area contributed by atoms with E-state index in [9.17, 15) is 13.2 Å². The van der Waals surface area contributed by atoms with Gasteiger partial charge in [-0.2, -0.15) is 0 Å². The topological polar surface area (TPSA) is 78.5 Å². The van der Waals surface area contributed by atoms with Gasteiger partial charge in [0, 0.05) is 33.7 Å². The van der Waals surface area contributed by atoms with Gasteiger partial charge in [-0.15, -0.1) is 0 Å². The molecule has 6 nitrogen and oxygen atoms in total. The Hall–Kier alpha value is -1.44. The van der Waals surface area contributed by atoms with Crippen molar-refractivity contribution in [3.8, 4) is 0 Å². The lowest BCUT2D eigenvalue weighted by Crippen LogP contribution is -2.50. The second kappa shape index (κ2) is 5.90. The fraction of sp³-hybridized carbons (Fsp3) is 0.462. The van der Waals surface area contributed by atoms with Crippen molar-refractivity contribution in [2.24, 2.45) is 5.92 Å². The first kappa shape index (κ1) is 15.0. The molecule has 0 unspecified atom stereocenters. The maximum Gasteiger partial charge on any atom is 0.242 e. The van der Waals surface area contributed by atoms with Gasteiger partial charge in [0.2, 0.25) is 15.9 Å². The molecule has 0 aliphatic carbocycles. The summed E-state index contributed by atoms with van der Waals surface area (Å²) in [6.45, 7) is 1.59. The van der Waals surface area contributed by atoms with Crippen LogP contribution in [0.4, 0.5) is 0 Å². The second-order valence-corrected chi connectivity index (χ2v) is 7.09. The van der Waals surface area contributed by atoms with Crippen LogP contribution < -0.4 is 10.6 Å². The van der Waals surface area contributed by atoms with Crippen molar-refractivity contribution in [1.29, 1.82) is 0 Å². The molecule has 1 aromatic rings. The molecule has 2 rings (SSSR count). The van der Waals surface area contributed by atoms with E-state index in [4.69, 9.17) is 0 Å². The second-order valence-electron chi connectivity index (χ2n) is 4.97. The van der Waals surface area contributed by atoms with Crippen LogP contribution in [0.25, 0.3) is 0 Å². The van der Waals surface area contributed by atoms with Gasteiger partial charge < -0.3 is 10.6 Å². The maximum absolute atomic E-state index is 12.2. The zero-order valence-electron chi connectivity index (χ0n) is 11.6. The number of hydrogen-bond donors (Lipinski definition) is 2. The summed E-state index contributed by atoms with van der Waals surface area (Å²) in [6, 6.07) is 6.72. The summed E-state index contributed by atoms with van der Waals surface area (Å²) in [5, 5.41) is 5.82. The van der Waals surface area contributed by atoms with Gasteiger partial charge in [-0.25, -0.2) is 12.7 Å². The van der Waals surface area contributed by atoms with E-state index in [-0.39, 0.29) is 23.3 Å². The molecule has 1 amide bonds. The standard InChI is InChI=1S/C13H19N3O3S/c1-16(2)20(18,19)12-6-4-3-5-10(12)9-15-13(17)11-7-14-8-11/h3-6,11,14H,7-9H2,1-2H3,(H,15,17). The highest BCUT2D eigenvalue weighted by molar-refractivity contribution is 7.89. The van der Waals surface area contributed by atoms with Crippen molar-refractivity contribution in [3.63, 3.8) is 0 Å². The molecule has 1 aliphatic rings. The summed E-state index contributed by atoms with van der Waals surface area (Å²) in [5.74, 6) is -0.0478. The largest absolute Gasteiger partial charge is 0.352 e. The number of carbonyl (C=O) groups excluding carboxylic acids is 1. The first-order valence-corrected chi connectivity index (χ1v) is 7.86. The third kappa shape index (κ3) is 3.00. The van der Waals surface area contributed by atoms with E-state index in [2.05, 4.69) is 10.6 Å². The lowest BCUT2D eigenvalue weighted by Gasteiger charge is -2.26. The van der Waals surface area contributed by atoms with E-state index in [0.29, 0.717) is 18.7 Å². The molecule has 1 fully saturated rings. The lowest BCUT2D eigenvalue weighted by atomic mass is 10.0. The van der Waals surface area contributed by atoms with Crippen LogP contribution in [0.1, 0.15) is 5.56 Å². The molecule has 0 radical (unpaired) electrons. The number of sulfonamides is 1. The predicted molar refractivity (Wildman–Crippen MR) is 75.5 cm³/mol. The summed E-state index contributed by atoms with van der Waals surface area (Å²) in [6.07, 6.45) is 0. The van der Waals surface area contributed by atoms with Crippen LogP contribution in [0.2, 0.25) is 0 Å². The van der Waals surface area contributed by atoms with Gasteiger partial charge in [0.15, 0.2) is 0 Å². The highest BCUT2D eigenvalue weighted by Crippen LogP contribution is 2.18. The van der Waals surface area contributed by atoms with Crippen molar-refractivity contribution >= 4 is 15.9 Å². The number of rotatable bonds is 5. The Bertz CT molecular complexity index is 595. The predicted octanol–water partition coefficient (Wildman–Crippen LogP) is -0.227. The molecule has 1 aliphatic heterocycles. The first-order valence-electron chi connectivity index (χ1n) is 6.42. The van der Waals surface area contributed by atoms with E-state index in [1.165, 1.54) is 18.4 Å². The minimum absolute atomic E-state index is 0.00684. The van der Waals surface area contributed by atoms with Gasteiger partial charge in [-0.3, -0.25) is 4.79 Å². The number of benzene rings is 1. The van der Waals surface area contributed by atoms with Crippen LogP contribution in [-0.2, 0) is 21.4 Å². The lowest BCUT2D eigenvalue weighted by molar-refractivity contribution is -0.126. The average molecular weight is 297 g/mol. The van der Waals surface area contributed by atoms with Crippen LogP contribution in [0, 0.1) is 5.92 Å². The Morgan fingerprint density at radius 2 is 2.00 bits per heavy atom. The van der Waals surface area contributed by atoms with Crippen LogP contribution in [0.3, 0.4) is 0 Å². The van der Waals surface area contributed by atoms with Crippen molar-refractivity contribution in [1.82, 2.24) is 14.9 Å². The van der Waals surface area contributed by atoms with Gasteiger partial charge in [0.25, 0.3) is 0 Å². The molecule has 0 aromatic heterocycles. The Kier molecular flexibility index (Phi) is 4.42. The molecule has 0 spiro atoms. The minimum atomic E-state index is -3.50.